The molecule has 1 unspecified atom stereocenters. The van der Waals surface area contributed by atoms with Crippen LogP contribution in [0.4, 0.5) is 0 Å². The smallest absolute Gasteiger partial charge is 0.748 e. The van der Waals surface area contributed by atoms with Crippen molar-refractivity contribution in [2.75, 3.05) is 18.8 Å². The maximum atomic E-state index is 10.1. The first kappa shape index (κ1) is 16.0. The van der Waals surface area contributed by atoms with Crippen molar-refractivity contribution in [1.29, 1.82) is 0 Å². The third-order valence-corrected chi connectivity index (χ3v) is 1.86. The van der Waals surface area contributed by atoms with E-state index in [1.165, 1.54) is 6.08 Å². The summed E-state index contributed by atoms with van der Waals surface area (Å²) in [6, 6.07) is 0. The number of aliphatic hydroxyl groups excluding tert-OH is 1. The zero-order valence-corrected chi connectivity index (χ0v) is 10.4. The van der Waals surface area contributed by atoms with Gasteiger partial charge >= 0.3 is 29.6 Å². The Morgan fingerprint density at radius 2 is 2.15 bits per heavy atom. The van der Waals surface area contributed by atoms with Gasteiger partial charge in [0, 0.05) is 13.1 Å². The molecule has 5 nitrogen and oxygen atoms in total. The standard InChI is InChI=1S/C6H13NO4S.Na/c1-2-6(8)5-7-3-4-12(9,10)11;/h2,6-8H,1,3-5H2,(H,9,10,11);/q;+1/p-1. The molecule has 0 aromatic heterocycles. The second kappa shape index (κ2) is 7.93. The molecule has 0 aliphatic rings. The van der Waals surface area contributed by atoms with Crippen molar-refractivity contribution >= 4 is 10.1 Å². The van der Waals surface area contributed by atoms with E-state index in [-0.39, 0.29) is 42.6 Å². The van der Waals surface area contributed by atoms with Crippen molar-refractivity contribution in [1.82, 2.24) is 5.32 Å². The molecule has 0 aromatic rings. The summed E-state index contributed by atoms with van der Waals surface area (Å²) in [6.07, 6.45) is 0.609. The Labute approximate surface area is 100 Å². The first-order valence-electron chi connectivity index (χ1n) is 3.40. The summed E-state index contributed by atoms with van der Waals surface area (Å²) in [7, 11) is -4.15. The van der Waals surface area contributed by atoms with Gasteiger partial charge < -0.3 is 15.0 Å². The molecule has 0 radical (unpaired) electrons. The van der Waals surface area contributed by atoms with E-state index >= 15 is 0 Å². The molecule has 0 heterocycles. The van der Waals surface area contributed by atoms with Crippen LogP contribution >= 0.6 is 0 Å². The third-order valence-electron chi connectivity index (χ3n) is 1.15. The Kier molecular flexibility index (Phi) is 9.77. The zero-order valence-electron chi connectivity index (χ0n) is 7.56. The Morgan fingerprint density at radius 1 is 1.62 bits per heavy atom. The molecule has 0 aromatic carbocycles. The third kappa shape index (κ3) is 12.6. The van der Waals surface area contributed by atoms with Crippen molar-refractivity contribution in [2.45, 2.75) is 6.10 Å². The summed E-state index contributed by atoms with van der Waals surface area (Å²) >= 11 is 0. The van der Waals surface area contributed by atoms with Gasteiger partial charge in [-0.3, -0.25) is 0 Å². The van der Waals surface area contributed by atoms with E-state index in [0.717, 1.165) is 0 Å². The molecular formula is C6H12NNaO4S. The molecule has 0 saturated heterocycles. The number of aliphatic hydroxyl groups is 1. The maximum Gasteiger partial charge on any atom is 1.00 e. The Bertz CT molecular complexity index is 229. The van der Waals surface area contributed by atoms with Crippen LogP contribution in [0.3, 0.4) is 0 Å². The van der Waals surface area contributed by atoms with Gasteiger partial charge in [0.15, 0.2) is 0 Å². The van der Waals surface area contributed by atoms with Crippen LogP contribution in [0, 0.1) is 0 Å². The number of nitrogens with one attached hydrogen (secondary N) is 1. The van der Waals surface area contributed by atoms with Crippen LogP contribution in [0.15, 0.2) is 12.7 Å². The van der Waals surface area contributed by atoms with E-state index < -0.39 is 22.0 Å². The van der Waals surface area contributed by atoms with Gasteiger partial charge in [0.05, 0.1) is 22.0 Å². The molecule has 2 N–H and O–H groups in total. The van der Waals surface area contributed by atoms with Crippen molar-refractivity contribution in [3.63, 3.8) is 0 Å². The van der Waals surface area contributed by atoms with Gasteiger partial charge in [-0.1, -0.05) is 6.08 Å². The van der Waals surface area contributed by atoms with Crippen molar-refractivity contribution in [3.05, 3.63) is 12.7 Å². The van der Waals surface area contributed by atoms with Gasteiger partial charge in [0.1, 0.15) is 0 Å². The van der Waals surface area contributed by atoms with E-state index in [4.69, 9.17) is 5.11 Å². The van der Waals surface area contributed by atoms with Gasteiger partial charge in [-0.25, -0.2) is 8.42 Å². The van der Waals surface area contributed by atoms with Gasteiger partial charge in [-0.2, -0.15) is 0 Å². The predicted molar refractivity (Wildman–Crippen MR) is 43.6 cm³/mol. The van der Waals surface area contributed by atoms with Crippen molar-refractivity contribution in [2.24, 2.45) is 0 Å². The molecule has 0 aliphatic carbocycles. The Balaban J connectivity index is 0. The predicted octanol–water partition coefficient (Wildman–Crippen LogP) is -4.33. The molecule has 72 valence electrons. The quantitative estimate of drug-likeness (QED) is 0.203. The molecule has 0 spiro atoms. The van der Waals surface area contributed by atoms with Gasteiger partial charge in [0.2, 0.25) is 0 Å². The van der Waals surface area contributed by atoms with Gasteiger partial charge in [-0.05, 0) is 0 Å². The molecule has 0 aliphatic heterocycles. The number of hydrogen-bond donors (Lipinski definition) is 2. The van der Waals surface area contributed by atoms with Crippen LogP contribution in [0.25, 0.3) is 0 Å². The summed E-state index contributed by atoms with van der Waals surface area (Å²) in [5.41, 5.74) is 0. The largest absolute Gasteiger partial charge is 1.00 e. The Morgan fingerprint density at radius 3 is 2.54 bits per heavy atom. The second-order valence-electron chi connectivity index (χ2n) is 2.27. The van der Waals surface area contributed by atoms with Crippen LogP contribution in [-0.4, -0.2) is 43.0 Å². The normalized spacial score (nSPS) is 13.1. The summed E-state index contributed by atoms with van der Waals surface area (Å²) in [6.45, 7) is 3.58. The van der Waals surface area contributed by atoms with Crippen LogP contribution in [0.2, 0.25) is 0 Å². The van der Waals surface area contributed by atoms with Crippen LogP contribution in [-0.2, 0) is 10.1 Å². The van der Waals surface area contributed by atoms with Gasteiger partial charge in [-0.15, -0.1) is 6.58 Å². The maximum absolute atomic E-state index is 10.1. The van der Waals surface area contributed by atoms with Crippen LogP contribution in [0.1, 0.15) is 0 Å². The second-order valence-corrected chi connectivity index (χ2v) is 3.79. The van der Waals surface area contributed by atoms with E-state index in [0.29, 0.717) is 0 Å². The minimum atomic E-state index is -4.15. The van der Waals surface area contributed by atoms with E-state index in [1.54, 1.807) is 0 Å². The number of hydrogen-bond acceptors (Lipinski definition) is 5. The fraction of sp³-hybridized carbons (Fsp3) is 0.667. The van der Waals surface area contributed by atoms with Crippen LogP contribution in [0.5, 0.6) is 0 Å². The van der Waals surface area contributed by atoms with Crippen molar-refractivity contribution < 1.29 is 47.6 Å². The molecule has 0 amide bonds. The summed E-state index contributed by atoms with van der Waals surface area (Å²) < 4.78 is 30.2. The fourth-order valence-electron chi connectivity index (χ4n) is 0.530. The number of rotatable bonds is 6. The fourth-order valence-corrected chi connectivity index (χ4v) is 0.925. The van der Waals surface area contributed by atoms with E-state index in [2.05, 4.69) is 11.9 Å². The molecular weight excluding hydrogens is 205 g/mol. The molecule has 0 rings (SSSR count). The monoisotopic (exact) mass is 217 g/mol. The van der Waals surface area contributed by atoms with Gasteiger partial charge in [0.25, 0.3) is 0 Å². The topological polar surface area (TPSA) is 89.5 Å². The minimum absolute atomic E-state index is 0. The molecule has 13 heavy (non-hydrogen) atoms. The van der Waals surface area contributed by atoms with Crippen LogP contribution < -0.4 is 34.9 Å². The first-order chi connectivity index (χ1) is 5.45. The summed E-state index contributed by atoms with van der Waals surface area (Å²) in [5, 5.41) is 11.5. The van der Waals surface area contributed by atoms with Crippen molar-refractivity contribution in [3.8, 4) is 0 Å². The summed E-state index contributed by atoms with van der Waals surface area (Å²) in [4.78, 5) is 0. The Hall–Kier alpha value is 0.570. The first-order valence-corrected chi connectivity index (χ1v) is 4.98. The molecule has 1 atom stereocenters. The van der Waals surface area contributed by atoms with E-state index in [9.17, 15) is 13.0 Å². The van der Waals surface area contributed by atoms with E-state index in [1.807, 2.05) is 0 Å². The minimum Gasteiger partial charge on any atom is -0.748 e. The molecule has 0 saturated carbocycles. The zero-order chi connectivity index (χ0) is 9.61. The average molecular weight is 217 g/mol. The summed E-state index contributed by atoms with van der Waals surface area (Å²) in [5.74, 6) is -0.461. The molecule has 0 fully saturated rings. The molecule has 0 bridgehead atoms. The SMILES string of the molecule is C=CC(O)CNCCS(=O)(=O)[O-].[Na+]. The molecule has 7 heteroatoms. The average Bonchev–Trinajstić information content (AvgIpc) is 1.96.